The molecule has 0 radical (unpaired) electrons. The van der Waals surface area contributed by atoms with Crippen molar-refractivity contribution in [3.8, 4) is 0 Å². The highest BCUT2D eigenvalue weighted by Gasteiger charge is 2.21. The van der Waals surface area contributed by atoms with E-state index in [0.717, 1.165) is 26.2 Å². The predicted molar refractivity (Wildman–Crippen MR) is 127 cm³/mol. The van der Waals surface area contributed by atoms with Crippen LogP contribution in [0, 0.1) is 6.92 Å². The van der Waals surface area contributed by atoms with Crippen molar-refractivity contribution in [3.05, 3.63) is 83.1 Å². The highest BCUT2D eigenvalue weighted by Crippen LogP contribution is 2.34. The van der Waals surface area contributed by atoms with Gasteiger partial charge >= 0.3 is 0 Å². The van der Waals surface area contributed by atoms with Gasteiger partial charge in [0, 0.05) is 34.5 Å². The Balaban J connectivity index is 1.57. The minimum Gasteiger partial charge on any atom is -0.284 e. The van der Waals surface area contributed by atoms with Crippen LogP contribution in [-0.4, -0.2) is 21.6 Å². The lowest BCUT2D eigenvalue weighted by atomic mass is 10.2. The van der Waals surface area contributed by atoms with Crippen molar-refractivity contribution >= 4 is 56.0 Å². The molecule has 0 atom stereocenters. The normalized spacial score (nSPS) is 11.0. The summed E-state index contributed by atoms with van der Waals surface area (Å²) in [6.07, 6.45) is 3.91. The van der Waals surface area contributed by atoms with Crippen molar-refractivity contribution < 1.29 is 4.79 Å². The topological polar surface area (TPSA) is 46.1 Å². The number of carbonyl (C=O) groups is 1. The Morgan fingerprint density at radius 1 is 1.13 bits per heavy atom. The van der Waals surface area contributed by atoms with E-state index in [1.165, 1.54) is 11.3 Å². The molecular weight excluding hydrogens is 434 g/mol. The summed E-state index contributed by atoms with van der Waals surface area (Å²) in [6, 6.07) is 17.8. The molecule has 7 heteroatoms. The lowest BCUT2D eigenvalue weighted by Crippen LogP contribution is -2.30. The van der Waals surface area contributed by atoms with E-state index in [1.807, 2.05) is 49.4 Å². The van der Waals surface area contributed by atoms with Crippen LogP contribution in [0.15, 0.2) is 71.9 Å². The molecule has 0 saturated heterocycles. The number of thioether (sulfide) groups is 1. The number of hydrogen-bond acceptors (Lipinski definition) is 5. The van der Waals surface area contributed by atoms with Gasteiger partial charge in [-0.15, -0.1) is 11.8 Å². The number of nitrogens with zero attached hydrogens (tertiary/aromatic N) is 3. The van der Waals surface area contributed by atoms with Crippen molar-refractivity contribution in [2.45, 2.75) is 24.8 Å². The number of pyridine rings is 1. The Hall–Kier alpha value is -2.41. The van der Waals surface area contributed by atoms with E-state index in [1.54, 1.807) is 29.1 Å². The molecule has 1 amide bonds. The number of hydrogen-bond donors (Lipinski definition) is 0. The Morgan fingerprint density at radius 3 is 2.67 bits per heavy atom. The quantitative estimate of drug-likeness (QED) is 0.305. The molecule has 4 nitrogen and oxygen atoms in total. The van der Waals surface area contributed by atoms with Gasteiger partial charge in [0.25, 0.3) is 0 Å². The summed E-state index contributed by atoms with van der Waals surface area (Å²) in [5.74, 6) is 0.767. The van der Waals surface area contributed by atoms with Crippen LogP contribution in [-0.2, 0) is 11.3 Å². The van der Waals surface area contributed by atoms with E-state index in [4.69, 9.17) is 16.6 Å². The van der Waals surface area contributed by atoms with Crippen molar-refractivity contribution in [2.24, 2.45) is 0 Å². The lowest BCUT2D eigenvalue weighted by Gasteiger charge is -2.20. The molecular formula is C23H20ClN3OS2. The molecule has 0 aliphatic carbocycles. The van der Waals surface area contributed by atoms with E-state index in [-0.39, 0.29) is 5.91 Å². The molecule has 2 aromatic heterocycles. The third kappa shape index (κ3) is 5.01. The average Bonchev–Trinajstić information content (AvgIpc) is 3.17. The van der Waals surface area contributed by atoms with Crippen molar-refractivity contribution in [1.82, 2.24) is 9.97 Å². The molecule has 2 aromatic carbocycles. The van der Waals surface area contributed by atoms with Gasteiger partial charge in [-0.3, -0.25) is 14.7 Å². The SMILES string of the molecule is Cc1cc(Cl)cc2sc(N(Cc3ccncc3)C(=O)CCSc3ccccc3)nc12. The van der Waals surface area contributed by atoms with E-state index >= 15 is 0 Å². The summed E-state index contributed by atoms with van der Waals surface area (Å²) in [5.41, 5.74) is 2.92. The van der Waals surface area contributed by atoms with Crippen molar-refractivity contribution in [2.75, 3.05) is 10.7 Å². The van der Waals surface area contributed by atoms with E-state index in [9.17, 15) is 4.79 Å². The molecule has 30 heavy (non-hydrogen) atoms. The number of benzene rings is 2. The van der Waals surface area contributed by atoms with Crippen LogP contribution in [0.1, 0.15) is 17.5 Å². The number of amides is 1. The Morgan fingerprint density at radius 2 is 1.90 bits per heavy atom. The highest BCUT2D eigenvalue weighted by molar-refractivity contribution is 7.99. The van der Waals surface area contributed by atoms with Crippen LogP contribution >= 0.6 is 34.7 Å². The Labute approximate surface area is 188 Å². The number of aromatic nitrogens is 2. The number of halogens is 1. The number of fused-ring (bicyclic) bond motifs is 1. The lowest BCUT2D eigenvalue weighted by molar-refractivity contribution is -0.118. The summed E-state index contributed by atoms with van der Waals surface area (Å²) in [6.45, 7) is 2.45. The smallest absolute Gasteiger partial charge is 0.229 e. The predicted octanol–water partition coefficient (Wildman–Crippen LogP) is 6.37. The van der Waals surface area contributed by atoms with Gasteiger partial charge in [-0.2, -0.15) is 0 Å². The van der Waals surface area contributed by atoms with E-state index in [0.29, 0.717) is 28.9 Å². The molecule has 0 aliphatic heterocycles. The van der Waals surface area contributed by atoms with Crippen LogP contribution in [0.3, 0.4) is 0 Å². The van der Waals surface area contributed by atoms with Gasteiger partial charge in [-0.05, 0) is 54.4 Å². The van der Waals surface area contributed by atoms with Gasteiger partial charge in [0.1, 0.15) is 0 Å². The van der Waals surface area contributed by atoms with E-state index in [2.05, 4.69) is 17.1 Å². The third-order valence-corrected chi connectivity index (χ3v) is 6.85. The molecule has 0 unspecified atom stereocenters. The van der Waals surface area contributed by atoms with Gasteiger partial charge < -0.3 is 0 Å². The summed E-state index contributed by atoms with van der Waals surface area (Å²) in [4.78, 5) is 25.0. The van der Waals surface area contributed by atoms with Crippen LogP contribution in [0.5, 0.6) is 0 Å². The van der Waals surface area contributed by atoms with Crippen molar-refractivity contribution in [1.29, 1.82) is 0 Å². The monoisotopic (exact) mass is 453 g/mol. The number of thiazole rings is 1. The van der Waals surface area contributed by atoms with Gasteiger partial charge in [-0.1, -0.05) is 41.1 Å². The minimum absolute atomic E-state index is 0.0537. The number of rotatable bonds is 7. The number of carbonyl (C=O) groups excluding carboxylic acids is 1. The second-order valence-electron chi connectivity index (χ2n) is 6.81. The fraction of sp³-hybridized carbons (Fsp3) is 0.174. The van der Waals surface area contributed by atoms with Crippen LogP contribution in [0.25, 0.3) is 10.2 Å². The van der Waals surface area contributed by atoms with Gasteiger partial charge in [0.05, 0.1) is 16.8 Å². The maximum absolute atomic E-state index is 13.2. The average molecular weight is 454 g/mol. The zero-order valence-electron chi connectivity index (χ0n) is 16.4. The zero-order chi connectivity index (χ0) is 20.9. The first-order chi connectivity index (χ1) is 14.6. The third-order valence-electron chi connectivity index (χ3n) is 4.59. The highest BCUT2D eigenvalue weighted by atomic mass is 35.5. The molecule has 2 heterocycles. The molecule has 0 bridgehead atoms. The molecule has 0 aliphatic rings. The summed E-state index contributed by atoms with van der Waals surface area (Å²) in [5, 5.41) is 1.38. The second kappa shape index (κ2) is 9.60. The summed E-state index contributed by atoms with van der Waals surface area (Å²) in [7, 11) is 0. The molecule has 0 spiro atoms. The molecule has 152 valence electrons. The first-order valence-corrected chi connectivity index (χ1v) is 11.7. The molecule has 0 saturated carbocycles. The van der Waals surface area contributed by atoms with Crippen LogP contribution in [0.2, 0.25) is 5.02 Å². The van der Waals surface area contributed by atoms with Gasteiger partial charge in [-0.25, -0.2) is 4.98 Å². The number of aryl methyl sites for hydroxylation is 1. The minimum atomic E-state index is 0.0537. The molecule has 4 rings (SSSR count). The van der Waals surface area contributed by atoms with Crippen LogP contribution < -0.4 is 4.90 Å². The van der Waals surface area contributed by atoms with Gasteiger partial charge in [0.2, 0.25) is 5.91 Å². The first-order valence-electron chi connectivity index (χ1n) is 9.54. The molecule has 0 N–H and O–H groups in total. The second-order valence-corrected chi connectivity index (χ2v) is 9.43. The summed E-state index contributed by atoms with van der Waals surface area (Å²) < 4.78 is 0.987. The zero-order valence-corrected chi connectivity index (χ0v) is 18.8. The molecule has 0 fully saturated rings. The first kappa shape index (κ1) is 20.8. The van der Waals surface area contributed by atoms with Crippen molar-refractivity contribution in [3.63, 3.8) is 0 Å². The largest absolute Gasteiger partial charge is 0.284 e. The maximum atomic E-state index is 13.2. The number of anilines is 1. The fourth-order valence-corrected chi connectivity index (χ4v) is 5.40. The van der Waals surface area contributed by atoms with Crippen LogP contribution in [0.4, 0.5) is 5.13 Å². The maximum Gasteiger partial charge on any atom is 0.229 e. The standard InChI is InChI=1S/C23H20ClN3OS2/c1-16-13-18(24)14-20-22(16)26-23(30-20)27(15-17-7-10-25-11-8-17)21(28)9-12-29-19-5-3-2-4-6-19/h2-8,10-11,13-14H,9,12,15H2,1H3. The Kier molecular flexibility index (Phi) is 6.67. The fourth-order valence-electron chi connectivity index (χ4n) is 3.10. The summed E-state index contributed by atoms with van der Waals surface area (Å²) >= 11 is 9.40. The Bertz CT molecular complexity index is 1150. The van der Waals surface area contributed by atoms with Gasteiger partial charge in [0.15, 0.2) is 5.13 Å². The molecule has 4 aromatic rings. The van der Waals surface area contributed by atoms with E-state index < -0.39 is 0 Å².